The molecule has 0 unspecified atom stereocenters. The van der Waals surface area contributed by atoms with Gasteiger partial charge in [-0.2, -0.15) is 0 Å². The molecule has 0 aliphatic rings. The quantitative estimate of drug-likeness (QED) is 0.612. The molecule has 1 heterocycles. The zero-order chi connectivity index (χ0) is 20.9. The van der Waals surface area contributed by atoms with E-state index in [0.29, 0.717) is 17.9 Å². The maximum atomic E-state index is 13.4. The smallest absolute Gasteiger partial charge is 0.264 e. The Morgan fingerprint density at radius 2 is 1.76 bits per heavy atom. The second-order valence-electron chi connectivity index (χ2n) is 6.66. The summed E-state index contributed by atoms with van der Waals surface area (Å²) >= 11 is 0. The molecule has 0 aliphatic heterocycles. The molecule has 0 spiro atoms. The first-order valence-corrected chi connectivity index (χ1v) is 10.8. The number of rotatable bonds is 8. The fourth-order valence-electron chi connectivity index (χ4n) is 2.98. The molecule has 0 radical (unpaired) electrons. The van der Waals surface area contributed by atoms with Crippen molar-refractivity contribution in [3.05, 3.63) is 83.8 Å². The van der Waals surface area contributed by atoms with Crippen molar-refractivity contribution in [1.29, 1.82) is 0 Å². The molecule has 3 rings (SSSR count). The number of benzene rings is 2. The number of hydrogen-bond donors (Lipinski definition) is 1. The Hall–Kier alpha value is -3.06. The van der Waals surface area contributed by atoms with E-state index in [1.807, 2.05) is 26.0 Å². The minimum atomic E-state index is -3.92. The van der Waals surface area contributed by atoms with Crippen LogP contribution in [0.2, 0.25) is 0 Å². The molecule has 1 aromatic heterocycles. The molecule has 29 heavy (non-hydrogen) atoms. The van der Waals surface area contributed by atoms with E-state index in [-0.39, 0.29) is 18.0 Å². The monoisotopic (exact) mass is 412 g/mol. The molecular formula is C22H24N2O4S. The summed E-state index contributed by atoms with van der Waals surface area (Å²) in [6, 6.07) is 17.3. The Morgan fingerprint density at radius 3 is 2.41 bits per heavy atom. The van der Waals surface area contributed by atoms with E-state index in [2.05, 4.69) is 5.32 Å². The third-order valence-electron chi connectivity index (χ3n) is 4.58. The Morgan fingerprint density at radius 1 is 1.03 bits per heavy atom. The molecule has 0 bridgehead atoms. The summed E-state index contributed by atoms with van der Waals surface area (Å²) in [5, 5.41) is 2.72. The largest absolute Gasteiger partial charge is 0.467 e. The van der Waals surface area contributed by atoms with Gasteiger partial charge < -0.3 is 9.73 Å². The molecule has 152 valence electrons. The van der Waals surface area contributed by atoms with Crippen LogP contribution in [-0.4, -0.2) is 20.9 Å². The average Bonchev–Trinajstić information content (AvgIpc) is 3.24. The average molecular weight is 413 g/mol. The zero-order valence-electron chi connectivity index (χ0n) is 16.5. The number of amides is 1. The number of para-hydroxylation sites is 1. The lowest BCUT2D eigenvalue weighted by Gasteiger charge is -2.26. The number of furan rings is 1. The Bertz CT molecular complexity index is 1060. The van der Waals surface area contributed by atoms with Gasteiger partial charge in [-0.05, 0) is 49.2 Å². The van der Waals surface area contributed by atoms with E-state index in [0.717, 1.165) is 11.1 Å². The molecule has 2 aromatic carbocycles. The van der Waals surface area contributed by atoms with E-state index in [1.54, 1.807) is 48.5 Å². The zero-order valence-corrected chi connectivity index (χ0v) is 17.3. The summed E-state index contributed by atoms with van der Waals surface area (Å²) in [6.45, 7) is 3.71. The van der Waals surface area contributed by atoms with Crippen molar-refractivity contribution in [3.8, 4) is 0 Å². The highest BCUT2D eigenvalue weighted by Gasteiger charge is 2.28. The van der Waals surface area contributed by atoms with Gasteiger partial charge in [0.25, 0.3) is 10.0 Å². The molecule has 6 nitrogen and oxygen atoms in total. The normalized spacial score (nSPS) is 11.2. The van der Waals surface area contributed by atoms with Crippen LogP contribution in [0.5, 0.6) is 0 Å². The third-order valence-corrected chi connectivity index (χ3v) is 6.35. The van der Waals surface area contributed by atoms with Gasteiger partial charge in [0.15, 0.2) is 0 Å². The second-order valence-corrected chi connectivity index (χ2v) is 8.53. The Labute approximate surface area is 171 Å². The molecule has 0 saturated carbocycles. The van der Waals surface area contributed by atoms with Crippen molar-refractivity contribution in [1.82, 2.24) is 5.32 Å². The molecule has 1 N–H and O–H groups in total. The predicted octanol–water partition coefficient (Wildman–Crippen LogP) is 3.66. The van der Waals surface area contributed by atoms with Crippen molar-refractivity contribution in [2.24, 2.45) is 0 Å². The highest BCUT2D eigenvalue weighted by molar-refractivity contribution is 7.92. The van der Waals surface area contributed by atoms with Gasteiger partial charge in [0.1, 0.15) is 12.3 Å². The van der Waals surface area contributed by atoms with Crippen molar-refractivity contribution >= 4 is 21.6 Å². The Kier molecular flexibility index (Phi) is 6.39. The first-order valence-electron chi connectivity index (χ1n) is 9.38. The van der Waals surface area contributed by atoms with Crippen molar-refractivity contribution in [3.63, 3.8) is 0 Å². The summed E-state index contributed by atoms with van der Waals surface area (Å²) in [5.41, 5.74) is 2.31. The first-order chi connectivity index (χ1) is 13.9. The van der Waals surface area contributed by atoms with Crippen LogP contribution in [0, 0.1) is 6.92 Å². The maximum Gasteiger partial charge on any atom is 0.264 e. The molecule has 1 amide bonds. The fraction of sp³-hybridized carbons (Fsp3) is 0.227. The van der Waals surface area contributed by atoms with Crippen LogP contribution in [0.1, 0.15) is 23.8 Å². The second kappa shape index (κ2) is 8.96. The van der Waals surface area contributed by atoms with Crippen molar-refractivity contribution in [2.75, 3.05) is 10.8 Å². The molecule has 7 heteroatoms. The van der Waals surface area contributed by atoms with Gasteiger partial charge in [-0.25, -0.2) is 8.42 Å². The van der Waals surface area contributed by atoms with Gasteiger partial charge in [-0.15, -0.1) is 0 Å². The molecule has 0 atom stereocenters. The molecular weight excluding hydrogens is 388 g/mol. The minimum absolute atomic E-state index is 0.146. The lowest BCUT2D eigenvalue weighted by atomic mass is 10.1. The highest BCUT2D eigenvalue weighted by atomic mass is 32.2. The number of carbonyl (C=O) groups is 1. The lowest BCUT2D eigenvalue weighted by molar-refractivity contribution is -0.119. The summed E-state index contributed by atoms with van der Waals surface area (Å²) in [4.78, 5) is 12.7. The van der Waals surface area contributed by atoms with E-state index in [4.69, 9.17) is 4.42 Å². The van der Waals surface area contributed by atoms with E-state index in [9.17, 15) is 13.2 Å². The van der Waals surface area contributed by atoms with Crippen LogP contribution in [0.25, 0.3) is 0 Å². The number of nitrogens with zero attached hydrogens (tertiary/aromatic N) is 1. The van der Waals surface area contributed by atoms with Crippen LogP contribution in [0.3, 0.4) is 0 Å². The number of anilines is 1. The topological polar surface area (TPSA) is 79.6 Å². The van der Waals surface area contributed by atoms with Gasteiger partial charge in [0.05, 0.1) is 23.4 Å². The lowest BCUT2D eigenvalue weighted by Crippen LogP contribution is -2.41. The number of aryl methyl sites for hydroxylation is 2. The Balaban J connectivity index is 1.93. The van der Waals surface area contributed by atoms with E-state index in [1.165, 1.54) is 10.6 Å². The minimum Gasteiger partial charge on any atom is -0.467 e. The van der Waals surface area contributed by atoms with Gasteiger partial charge in [-0.1, -0.05) is 42.8 Å². The number of sulfonamides is 1. The van der Waals surface area contributed by atoms with Crippen molar-refractivity contribution < 1.29 is 17.6 Å². The molecule has 0 fully saturated rings. The van der Waals surface area contributed by atoms with E-state index < -0.39 is 15.9 Å². The van der Waals surface area contributed by atoms with Crippen LogP contribution in [-0.2, 0) is 27.8 Å². The SMILES string of the molecule is CCc1ccccc1N(CC(=O)NCc1ccco1)S(=O)(=O)c1ccc(C)cc1. The third kappa shape index (κ3) is 4.86. The summed E-state index contributed by atoms with van der Waals surface area (Å²) in [7, 11) is -3.92. The van der Waals surface area contributed by atoms with Gasteiger partial charge in [0, 0.05) is 0 Å². The number of carbonyl (C=O) groups excluding carboxylic acids is 1. The maximum absolute atomic E-state index is 13.4. The summed E-state index contributed by atoms with van der Waals surface area (Å²) in [6.07, 6.45) is 2.16. The van der Waals surface area contributed by atoms with Crippen LogP contribution in [0.15, 0.2) is 76.2 Å². The van der Waals surface area contributed by atoms with Gasteiger partial charge >= 0.3 is 0 Å². The highest BCUT2D eigenvalue weighted by Crippen LogP contribution is 2.27. The summed E-state index contributed by atoms with van der Waals surface area (Å²) in [5.74, 6) is 0.184. The molecule has 0 aliphatic carbocycles. The molecule has 3 aromatic rings. The van der Waals surface area contributed by atoms with Crippen LogP contribution < -0.4 is 9.62 Å². The van der Waals surface area contributed by atoms with Gasteiger partial charge in [-0.3, -0.25) is 9.10 Å². The van der Waals surface area contributed by atoms with Crippen molar-refractivity contribution in [2.45, 2.75) is 31.7 Å². The van der Waals surface area contributed by atoms with Gasteiger partial charge in [0.2, 0.25) is 5.91 Å². The van der Waals surface area contributed by atoms with E-state index >= 15 is 0 Å². The fourth-order valence-corrected chi connectivity index (χ4v) is 4.43. The molecule has 0 saturated heterocycles. The summed E-state index contributed by atoms with van der Waals surface area (Å²) < 4.78 is 33.2. The van der Waals surface area contributed by atoms with Crippen LogP contribution in [0.4, 0.5) is 5.69 Å². The predicted molar refractivity (Wildman–Crippen MR) is 112 cm³/mol. The number of nitrogens with one attached hydrogen (secondary N) is 1. The number of hydrogen-bond acceptors (Lipinski definition) is 4. The van der Waals surface area contributed by atoms with Crippen LogP contribution >= 0.6 is 0 Å². The standard InChI is InChI=1S/C22H24N2O4S/c1-3-18-7-4-5-9-21(18)24(16-22(25)23-15-19-8-6-14-28-19)29(26,27)20-12-10-17(2)11-13-20/h4-14H,3,15-16H2,1-2H3,(H,23,25). The first kappa shape index (κ1) is 20.7.